The van der Waals surface area contributed by atoms with E-state index in [1.54, 1.807) is 6.20 Å². The third kappa shape index (κ3) is 5.29. The standard InChI is InChI=1S/C31H33N3O3/c1-31(2,30(36)37)26-15-12-23(13-16-26)22-8-10-24(11-9-22)25-14-17-28-33-27(20-34(28)19-25)29(35)32-18-21-6-4-3-5-7-21/h3-11,14,17,19-20,23,26H,12-13,15-16,18H2,1-2H3,(H,32,35)(H,36,37)/t23-,26-. The molecule has 5 rings (SSSR count). The van der Waals surface area contributed by atoms with Gasteiger partial charge in [0.25, 0.3) is 5.91 Å². The molecule has 2 N–H and O–H groups in total. The van der Waals surface area contributed by atoms with Crippen molar-refractivity contribution in [1.82, 2.24) is 14.7 Å². The van der Waals surface area contributed by atoms with Crippen molar-refractivity contribution in [3.63, 3.8) is 0 Å². The van der Waals surface area contributed by atoms with Crippen molar-refractivity contribution in [2.45, 2.75) is 52.0 Å². The quantitative estimate of drug-likeness (QED) is 0.314. The molecule has 1 saturated carbocycles. The van der Waals surface area contributed by atoms with Crippen LogP contribution >= 0.6 is 0 Å². The van der Waals surface area contributed by atoms with Gasteiger partial charge in [-0.25, -0.2) is 4.98 Å². The number of benzene rings is 2. The van der Waals surface area contributed by atoms with E-state index in [9.17, 15) is 14.7 Å². The molecule has 4 aromatic rings. The van der Waals surface area contributed by atoms with Crippen LogP contribution < -0.4 is 5.32 Å². The van der Waals surface area contributed by atoms with E-state index in [0.717, 1.165) is 48.0 Å². The number of carboxylic acids is 1. The zero-order valence-electron chi connectivity index (χ0n) is 21.4. The summed E-state index contributed by atoms with van der Waals surface area (Å²) in [6.45, 7) is 4.17. The molecular formula is C31H33N3O3. The lowest BCUT2D eigenvalue weighted by Gasteiger charge is -2.36. The average Bonchev–Trinajstić information content (AvgIpc) is 3.36. The second-order valence-electron chi connectivity index (χ2n) is 10.7. The Labute approximate surface area is 217 Å². The number of carbonyl (C=O) groups is 2. The summed E-state index contributed by atoms with van der Waals surface area (Å²) in [7, 11) is 0. The minimum absolute atomic E-state index is 0.195. The molecule has 1 fully saturated rings. The topological polar surface area (TPSA) is 83.7 Å². The summed E-state index contributed by atoms with van der Waals surface area (Å²) in [5.41, 5.74) is 4.98. The Hall–Kier alpha value is -3.93. The Morgan fingerprint density at radius 1 is 0.919 bits per heavy atom. The molecule has 0 spiro atoms. The highest BCUT2D eigenvalue weighted by Gasteiger charge is 2.38. The molecule has 2 aromatic carbocycles. The van der Waals surface area contributed by atoms with Crippen molar-refractivity contribution in [3.05, 3.63) is 95.9 Å². The molecule has 0 bridgehead atoms. The first-order valence-corrected chi connectivity index (χ1v) is 13.0. The van der Waals surface area contributed by atoms with E-state index in [-0.39, 0.29) is 11.8 Å². The van der Waals surface area contributed by atoms with Gasteiger partial charge in [0, 0.05) is 18.9 Å². The number of amides is 1. The van der Waals surface area contributed by atoms with E-state index in [4.69, 9.17) is 0 Å². The minimum atomic E-state index is -0.699. The number of fused-ring (bicyclic) bond motifs is 1. The molecule has 37 heavy (non-hydrogen) atoms. The molecular weight excluding hydrogens is 462 g/mol. The molecule has 1 aliphatic carbocycles. The van der Waals surface area contributed by atoms with Crippen LogP contribution in [0.3, 0.4) is 0 Å². The second kappa shape index (κ2) is 10.2. The number of imidazole rings is 1. The fraction of sp³-hybridized carbons (Fsp3) is 0.323. The number of aromatic nitrogens is 2. The Morgan fingerprint density at radius 3 is 2.27 bits per heavy atom. The molecule has 1 amide bonds. The third-order valence-corrected chi connectivity index (χ3v) is 7.99. The maximum absolute atomic E-state index is 12.6. The Kier molecular flexibility index (Phi) is 6.83. The highest BCUT2D eigenvalue weighted by atomic mass is 16.4. The van der Waals surface area contributed by atoms with Gasteiger partial charge < -0.3 is 14.8 Å². The first-order chi connectivity index (χ1) is 17.8. The van der Waals surface area contributed by atoms with Gasteiger partial charge in [0.05, 0.1) is 5.41 Å². The molecule has 6 nitrogen and oxygen atoms in total. The number of hydrogen-bond donors (Lipinski definition) is 2. The van der Waals surface area contributed by atoms with E-state index in [1.165, 1.54) is 5.56 Å². The lowest BCUT2D eigenvalue weighted by atomic mass is 9.68. The van der Waals surface area contributed by atoms with Crippen molar-refractivity contribution in [2.75, 3.05) is 0 Å². The lowest BCUT2D eigenvalue weighted by molar-refractivity contribution is -0.150. The van der Waals surface area contributed by atoms with Gasteiger partial charge in [0.15, 0.2) is 0 Å². The van der Waals surface area contributed by atoms with Gasteiger partial charge in [-0.3, -0.25) is 9.59 Å². The van der Waals surface area contributed by atoms with Crippen LogP contribution in [0.1, 0.15) is 67.1 Å². The van der Waals surface area contributed by atoms with Crippen molar-refractivity contribution in [1.29, 1.82) is 0 Å². The van der Waals surface area contributed by atoms with E-state index < -0.39 is 11.4 Å². The number of nitrogens with zero attached hydrogens (tertiary/aromatic N) is 2. The number of rotatable bonds is 7. The molecule has 2 aromatic heterocycles. The predicted octanol–water partition coefficient (Wildman–Crippen LogP) is 6.32. The van der Waals surface area contributed by atoms with Gasteiger partial charge in [-0.2, -0.15) is 0 Å². The van der Waals surface area contributed by atoms with Gasteiger partial charge in [-0.15, -0.1) is 0 Å². The van der Waals surface area contributed by atoms with Crippen LogP contribution in [0.5, 0.6) is 0 Å². The SMILES string of the molecule is CC(C)(C(=O)O)[C@H]1CC[C@H](c2ccc(-c3ccc4nc(C(=O)NCc5ccccc5)cn4c3)cc2)CC1. The van der Waals surface area contributed by atoms with Crippen molar-refractivity contribution < 1.29 is 14.7 Å². The predicted molar refractivity (Wildman–Crippen MR) is 144 cm³/mol. The molecule has 0 aliphatic heterocycles. The highest BCUT2D eigenvalue weighted by Crippen LogP contribution is 2.43. The normalized spacial score (nSPS) is 18.0. The number of carbonyl (C=O) groups excluding carboxylic acids is 1. The summed E-state index contributed by atoms with van der Waals surface area (Å²) in [6.07, 6.45) is 7.72. The van der Waals surface area contributed by atoms with Crippen LogP contribution in [0.4, 0.5) is 0 Å². The van der Waals surface area contributed by atoms with Crippen LogP contribution in [0.2, 0.25) is 0 Å². The van der Waals surface area contributed by atoms with E-state index in [1.807, 2.05) is 66.9 Å². The minimum Gasteiger partial charge on any atom is -0.481 e. The summed E-state index contributed by atoms with van der Waals surface area (Å²) in [6, 6.07) is 22.5. The Morgan fingerprint density at radius 2 is 1.59 bits per heavy atom. The highest BCUT2D eigenvalue weighted by molar-refractivity contribution is 5.92. The van der Waals surface area contributed by atoms with Crippen LogP contribution in [-0.2, 0) is 11.3 Å². The van der Waals surface area contributed by atoms with E-state index >= 15 is 0 Å². The van der Waals surface area contributed by atoms with Crippen molar-refractivity contribution in [2.24, 2.45) is 11.3 Å². The first kappa shape index (κ1) is 24.8. The summed E-state index contributed by atoms with van der Waals surface area (Å²) in [5, 5.41) is 12.5. The van der Waals surface area contributed by atoms with Crippen molar-refractivity contribution in [3.8, 4) is 11.1 Å². The molecule has 2 heterocycles. The summed E-state index contributed by atoms with van der Waals surface area (Å²) >= 11 is 0. The monoisotopic (exact) mass is 495 g/mol. The molecule has 0 atom stereocenters. The molecule has 1 aliphatic rings. The largest absolute Gasteiger partial charge is 0.481 e. The Balaban J connectivity index is 1.24. The number of pyridine rings is 1. The first-order valence-electron chi connectivity index (χ1n) is 13.0. The van der Waals surface area contributed by atoms with Crippen molar-refractivity contribution >= 4 is 17.5 Å². The molecule has 0 unspecified atom stereocenters. The van der Waals surface area contributed by atoms with Crippen LogP contribution in [0.25, 0.3) is 16.8 Å². The molecule has 6 heteroatoms. The number of aliphatic carboxylic acids is 1. The smallest absolute Gasteiger partial charge is 0.309 e. The fourth-order valence-corrected chi connectivity index (χ4v) is 5.41. The van der Waals surface area contributed by atoms with Gasteiger partial charge in [0.2, 0.25) is 0 Å². The maximum atomic E-state index is 12.6. The summed E-state index contributed by atoms with van der Waals surface area (Å²) in [5.74, 6) is -0.189. The number of hydrogen-bond acceptors (Lipinski definition) is 3. The maximum Gasteiger partial charge on any atom is 0.309 e. The molecule has 0 saturated heterocycles. The number of carboxylic acid groups (broad SMARTS) is 1. The van der Waals surface area contributed by atoms with Gasteiger partial charge in [-0.1, -0.05) is 54.6 Å². The van der Waals surface area contributed by atoms with E-state index in [0.29, 0.717) is 18.2 Å². The second-order valence-corrected chi connectivity index (χ2v) is 10.7. The van der Waals surface area contributed by atoms with Crippen LogP contribution in [-0.4, -0.2) is 26.4 Å². The summed E-state index contributed by atoms with van der Waals surface area (Å²) in [4.78, 5) is 28.7. The Bertz CT molecular complexity index is 1400. The van der Waals surface area contributed by atoms with E-state index in [2.05, 4.69) is 34.6 Å². The molecule has 190 valence electrons. The van der Waals surface area contributed by atoms with Gasteiger partial charge in [-0.05, 0) is 85.8 Å². The average molecular weight is 496 g/mol. The third-order valence-electron chi connectivity index (χ3n) is 7.99. The molecule has 0 radical (unpaired) electrons. The zero-order valence-corrected chi connectivity index (χ0v) is 21.4. The van der Waals surface area contributed by atoms with Gasteiger partial charge >= 0.3 is 5.97 Å². The van der Waals surface area contributed by atoms with Gasteiger partial charge in [0.1, 0.15) is 11.3 Å². The summed E-state index contributed by atoms with van der Waals surface area (Å²) < 4.78 is 1.89. The van der Waals surface area contributed by atoms with Crippen LogP contribution in [0, 0.1) is 11.3 Å². The van der Waals surface area contributed by atoms with Crippen LogP contribution in [0.15, 0.2) is 79.1 Å². The lowest BCUT2D eigenvalue weighted by Crippen LogP contribution is -2.35. The number of nitrogens with one attached hydrogen (secondary N) is 1. The zero-order chi connectivity index (χ0) is 26.0. The fourth-order valence-electron chi connectivity index (χ4n) is 5.41.